The van der Waals surface area contributed by atoms with Gasteiger partial charge in [-0.1, -0.05) is 12.1 Å². The first-order valence-electron chi connectivity index (χ1n) is 6.09. The summed E-state index contributed by atoms with van der Waals surface area (Å²) in [7, 11) is 1.91. The Morgan fingerprint density at radius 1 is 1.29 bits per heavy atom. The first kappa shape index (κ1) is 11.9. The van der Waals surface area contributed by atoms with Crippen LogP contribution in [0.1, 0.15) is 24.8 Å². The molecule has 17 heavy (non-hydrogen) atoms. The highest BCUT2D eigenvalue weighted by Crippen LogP contribution is 2.18. The van der Waals surface area contributed by atoms with Crippen LogP contribution in [-0.4, -0.2) is 19.1 Å². The largest absolute Gasteiger partial charge is 0.335 e. The number of amides is 2. The minimum atomic E-state index is -0.101. The third-order valence-electron chi connectivity index (χ3n) is 3.03. The fourth-order valence-electron chi connectivity index (χ4n) is 1.82. The van der Waals surface area contributed by atoms with E-state index in [9.17, 15) is 4.79 Å². The topological polar surface area (TPSA) is 53.2 Å². The molecular formula is C13H19N3O. The summed E-state index contributed by atoms with van der Waals surface area (Å²) in [5, 5.41) is 8.87. The zero-order valence-electron chi connectivity index (χ0n) is 10.1. The summed E-state index contributed by atoms with van der Waals surface area (Å²) in [5.74, 6) is 0. The summed E-state index contributed by atoms with van der Waals surface area (Å²) < 4.78 is 0. The van der Waals surface area contributed by atoms with Crippen molar-refractivity contribution in [2.24, 2.45) is 0 Å². The molecule has 0 atom stereocenters. The van der Waals surface area contributed by atoms with Gasteiger partial charge in [-0.3, -0.25) is 0 Å². The maximum atomic E-state index is 11.6. The summed E-state index contributed by atoms with van der Waals surface area (Å²) in [6.07, 6.45) is 3.44. The zero-order chi connectivity index (χ0) is 12.1. The predicted molar refractivity (Wildman–Crippen MR) is 69.0 cm³/mol. The van der Waals surface area contributed by atoms with E-state index in [1.54, 1.807) is 0 Å². The van der Waals surface area contributed by atoms with Gasteiger partial charge in [0.15, 0.2) is 0 Å². The second-order valence-corrected chi connectivity index (χ2v) is 4.45. The van der Waals surface area contributed by atoms with E-state index < -0.39 is 0 Å². The number of urea groups is 1. The Kier molecular flexibility index (Phi) is 3.98. The van der Waals surface area contributed by atoms with E-state index in [0.717, 1.165) is 25.1 Å². The lowest BCUT2D eigenvalue weighted by Gasteiger charge is -2.26. The summed E-state index contributed by atoms with van der Waals surface area (Å²) in [6, 6.07) is 8.14. The number of carbonyl (C=O) groups is 1. The van der Waals surface area contributed by atoms with E-state index in [-0.39, 0.29) is 6.03 Å². The van der Waals surface area contributed by atoms with Gasteiger partial charge < -0.3 is 16.0 Å². The van der Waals surface area contributed by atoms with E-state index in [4.69, 9.17) is 0 Å². The third kappa shape index (κ3) is 3.46. The van der Waals surface area contributed by atoms with Gasteiger partial charge in [0.25, 0.3) is 0 Å². The molecular weight excluding hydrogens is 214 g/mol. The SMILES string of the molecule is CNCc1ccc(NC(=O)NC2CCC2)cc1. The van der Waals surface area contributed by atoms with Crippen molar-refractivity contribution in [3.63, 3.8) is 0 Å². The highest BCUT2D eigenvalue weighted by molar-refractivity contribution is 5.89. The minimum absolute atomic E-state index is 0.101. The lowest BCUT2D eigenvalue weighted by Crippen LogP contribution is -2.41. The molecule has 1 fully saturated rings. The van der Waals surface area contributed by atoms with Crippen LogP contribution in [0.4, 0.5) is 10.5 Å². The van der Waals surface area contributed by atoms with Gasteiger partial charge in [0.05, 0.1) is 0 Å². The van der Waals surface area contributed by atoms with Crippen molar-refractivity contribution in [3.8, 4) is 0 Å². The molecule has 0 aromatic heterocycles. The molecule has 0 spiro atoms. The molecule has 0 heterocycles. The van der Waals surface area contributed by atoms with Crippen LogP contribution in [-0.2, 0) is 6.54 Å². The molecule has 2 amide bonds. The number of hydrogen-bond acceptors (Lipinski definition) is 2. The van der Waals surface area contributed by atoms with Crippen molar-refractivity contribution < 1.29 is 4.79 Å². The summed E-state index contributed by atoms with van der Waals surface area (Å²) in [6.45, 7) is 0.842. The minimum Gasteiger partial charge on any atom is -0.335 e. The Morgan fingerprint density at radius 2 is 2.00 bits per heavy atom. The quantitative estimate of drug-likeness (QED) is 0.745. The molecule has 1 aromatic carbocycles. The van der Waals surface area contributed by atoms with Gasteiger partial charge in [-0.2, -0.15) is 0 Å². The molecule has 3 N–H and O–H groups in total. The lowest BCUT2D eigenvalue weighted by molar-refractivity contribution is 0.240. The monoisotopic (exact) mass is 233 g/mol. The van der Waals surface area contributed by atoms with Gasteiger partial charge in [-0.25, -0.2) is 4.79 Å². The fraction of sp³-hybridized carbons (Fsp3) is 0.462. The van der Waals surface area contributed by atoms with Gasteiger partial charge in [-0.15, -0.1) is 0 Å². The van der Waals surface area contributed by atoms with E-state index in [1.165, 1.54) is 12.0 Å². The Hall–Kier alpha value is -1.55. The Balaban J connectivity index is 1.82. The number of rotatable bonds is 4. The average Bonchev–Trinajstić information content (AvgIpc) is 2.27. The third-order valence-corrected chi connectivity index (χ3v) is 3.03. The van der Waals surface area contributed by atoms with E-state index in [1.807, 2.05) is 31.3 Å². The molecule has 0 bridgehead atoms. The van der Waals surface area contributed by atoms with Crippen molar-refractivity contribution in [1.29, 1.82) is 0 Å². The Morgan fingerprint density at radius 3 is 2.53 bits per heavy atom. The van der Waals surface area contributed by atoms with Crippen LogP contribution in [0.5, 0.6) is 0 Å². The van der Waals surface area contributed by atoms with Gasteiger partial charge in [0, 0.05) is 18.3 Å². The van der Waals surface area contributed by atoms with E-state index in [0.29, 0.717) is 6.04 Å². The van der Waals surface area contributed by atoms with E-state index in [2.05, 4.69) is 16.0 Å². The van der Waals surface area contributed by atoms with E-state index >= 15 is 0 Å². The smallest absolute Gasteiger partial charge is 0.319 e. The molecule has 1 aliphatic rings. The number of hydrogen-bond donors (Lipinski definition) is 3. The molecule has 0 radical (unpaired) electrons. The molecule has 0 saturated heterocycles. The van der Waals surface area contributed by atoms with Gasteiger partial charge in [0.1, 0.15) is 0 Å². The molecule has 4 nitrogen and oxygen atoms in total. The van der Waals surface area contributed by atoms with Crippen molar-refractivity contribution in [2.75, 3.05) is 12.4 Å². The lowest BCUT2D eigenvalue weighted by atomic mass is 9.93. The van der Waals surface area contributed by atoms with Crippen LogP contribution in [0.2, 0.25) is 0 Å². The fourth-order valence-corrected chi connectivity index (χ4v) is 1.82. The second kappa shape index (κ2) is 5.68. The molecule has 0 unspecified atom stereocenters. The average molecular weight is 233 g/mol. The highest BCUT2D eigenvalue weighted by Gasteiger charge is 2.19. The van der Waals surface area contributed by atoms with Crippen LogP contribution in [0, 0.1) is 0 Å². The molecule has 0 aliphatic heterocycles. The normalized spacial score (nSPS) is 15.1. The summed E-state index contributed by atoms with van der Waals surface area (Å²) in [5.41, 5.74) is 2.04. The number of carbonyl (C=O) groups excluding carboxylic acids is 1. The van der Waals surface area contributed by atoms with Crippen molar-refractivity contribution in [1.82, 2.24) is 10.6 Å². The standard InChI is InChI=1S/C13H19N3O/c1-14-9-10-5-7-12(8-6-10)16-13(17)15-11-3-2-4-11/h5-8,11,14H,2-4,9H2,1H3,(H2,15,16,17). The molecule has 1 aromatic rings. The van der Waals surface area contributed by atoms with Crippen LogP contribution in [0.15, 0.2) is 24.3 Å². The van der Waals surface area contributed by atoms with Crippen molar-refractivity contribution >= 4 is 11.7 Å². The molecule has 1 saturated carbocycles. The first-order valence-corrected chi connectivity index (χ1v) is 6.09. The van der Waals surface area contributed by atoms with Crippen molar-refractivity contribution in [2.45, 2.75) is 31.8 Å². The predicted octanol–water partition coefficient (Wildman–Crippen LogP) is 2.08. The van der Waals surface area contributed by atoms with Crippen LogP contribution >= 0.6 is 0 Å². The maximum absolute atomic E-state index is 11.6. The van der Waals surface area contributed by atoms with Crippen LogP contribution in [0.25, 0.3) is 0 Å². The van der Waals surface area contributed by atoms with Crippen LogP contribution < -0.4 is 16.0 Å². The van der Waals surface area contributed by atoms with Crippen LogP contribution in [0.3, 0.4) is 0 Å². The zero-order valence-corrected chi connectivity index (χ0v) is 10.1. The number of benzene rings is 1. The molecule has 4 heteroatoms. The highest BCUT2D eigenvalue weighted by atomic mass is 16.2. The molecule has 92 valence electrons. The van der Waals surface area contributed by atoms with Gasteiger partial charge in [-0.05, 0) is 44.0 Å². The van der Waals surface area contributed by atoms with Crippen molar-refractivity contribution in [3.05, 3.63) is 29.8 Å². The molecule has 2 rings (SSSR count). The van der Waals surface area contributed by atoms with Gasteiger partial charge >= 0.3 is 6.03 Å². The Labute approximate surface area is 102 Å². The second-order valence-electron chi connectivity index (χ2n) is 4.45. The summed E-state index contributed by atoms with van der Waals surface area (Å²) in [4.78, 5) is 11.6. The van der Waals surface area contributed by atoms with Gasteiger partial charge in [0.2, 0.25) is 0 Å². The first-order chi connectivity index (χ1) is 8.28. The number of nitrogens with one attached hydrogen (secondary N) is 3. The summed E-state index contributed by atoms with van der Waals surface area (Å²) >= 11 is 0. The Bertz CT molecular complexity index is 371. The number of anilines is 1. The molecule has 1 aliphatic carbocycles. The maximum Gasteiger partial charge on any atom is 0.319 e.